The molecule has 4 atom stereocenters. The number of nitrogens with zero attached hydrogens (tertiary/aromatic N) is 3. The molecule has 5 rings (SSSR count). The molecule has 0 saturated carbocycles. The number of benzene rings is 2. The maximum atomic E-state index is 13.7. The predicted molar refractivity (Wildman–Crippen MR) is 152 cm³/mol. The lowest BCUT2D eigenvalue weighted by Crippen LogP contribution is -2.73. The minimum absolute atomic E-state index is 0.147. The van der Waals surface area contributed by atoms with Crippen molar-refractivity contribution in [3.63, 3.8) is 0 Å². The molecule has 11 heteroatoms. The van der Waals surface area contributed by atoms with Gasteiger partial charge in [0.2, 0.25) is 5.91 Å². The number of thiazole rings is 1. The van der Waals surface area contributed by atoms with Crippen LogP contribution in [0.15, 0.2) is 54.6 Å². The highest BCUT2D eigenvalue weighted by Crippen LogP contribution is 2.51. The molecule has 1 aromatic heterocycles. The predicted octanol–water partition coefficient (Wildman–Crippen LogP) is 2.70. The van der Waals surface area contributed by atoms with Gasteiger partial charge < -0.3 is 26.0 Å². The zero-order chi connectivity index (χ0) is 27.9. The zero-order valence-electron chi connectivity index (χ0n) is 22.0. The van der Waals surface area contributed by atoms with Crippen molar-refractivity contribution in [1.29, 1.82) is 0 Å². The number of aromatic nitrogens is 1. The van der Waals surface area contributed by atoms with E-state index in [1.54, 1.807) is 11.8 Å². The average Bonchev–Trinajstić information content (AvgIpc) is 3.43. The van der Waals surface area contributed by atoms with Crippen LogP contribution >= 0.6 is 23.1 Å². The monoisotopic (exact) mass is 565 g/mol. The Kier molecular flexibility index (Phi) is 7.41. The van der Waals surface area contributed by atoms with E-state index >= 15 is 0 Å². The number of likely N-dealkylation sites (tertiary alicyclic amines) is 1. The van der Waals surface area contributed by atoms with E-state index in [1.165, 1.54) is 16.7 Å². The van der Waals surface area contributed by atoms with Crippen molar-refractivity contribution >= 4 is 46.0 Å². The summed E-state index contributed by atoms with van der Waals surface area (Å²) < 4.78 is 0. The van der Waals surface area contributed by atoms with Gasteiger partial charge in [-0.2, -0.15) is 0 Å². The number of fused-ring (bicyclic) bond motifs is 1. The molecule has 2 saturated heterocycles. The van der Waals surface area contributed by atoms with Crippen LogP contribution in [0, 0.1) is 13.8 Å². The molecular weight excluding hydrogens is 534 g/mol. The molecule has 204 valence electrons. The number of aliphatic hydroxyl groups is 1. The van der Waals surface area contributed by atoms with Gasteiger partial charge in [-0.25, -0.2) is 4.98 Å². The van der Waals surface area contributed by atoms with Crippen LogP contribution < -0.4 is 11.1 Å². The van der Waals surface area contributed by atoms with Gasteiger partial charge in [0.15, 0.2) is 11.2 Å². The second kappa shape index (κ2) is 10.6. The molecule has 3 aromatic rings. The number of hydrogen-bond donors (Lipinski definition) is 3. The highest BCUT2D eigenvalue weighted by Gasteiger charge is 2.65. The topological polar surface area (TPSA) is 129 Å². The molecule has 2 fully saturated rings. The van der Waals surface area contributed by atoms with E-state index in [9.17, 15) is 19.5 Å². The number of thioether (sulfide) groups is 1. The number of nitrogens with one attached hydrogen (secondary N) is 1. The van der Waals surface area contributed by atoms with Crippen molar-refractivity contribution in [3.8, 4) is 0 Å². The lowest BCUT2D eigenvalue weighted by Gasteiger charge is -2.53. The lowest BCUT2D eigenvalue weighted by molar-refractivity contribution is -0.168. The quantitative estimate of drug-likeness (QED) is 0.358. The number of amides is 3. The van der Waals surface area contributed by atoms with Gasteiger partial charge in [0.25, 0.3) is 11.8 Å². The van der Waals surface area contributed by atoms with Crippen LogP contribution in [0.3, 0.4) is 0 Å². The number of β-lactam (4-membered cyclic amide) rings is 1. The Labute approximate surface area is 235 Å². The van der Waals surface area contributed by atoms with Gasteiger partial charge in [0.1, 0.15) is 15.8 Å². The number of carbonyl (C=O) groups is 3. The third-order valence-electron chi connectivity index (χ3n) is 7.49. The van der Waals surface area contributed by atoms with Gasteiger partial charge in [0, 0.05) is 6.54 Å². The second-order valence-corrected chi connectivity index (χ2v) is 12.5. The summed E-state index contributed by atoms with van der Waals surface area (Å²) >= 11 is 2.56. The Balaban J connectivity index is 1.34. The Bertz CT molecular complexity index is 1410. The molecule has 3 amide bonds. The van der Waals surface area contributed by atoms with Crippen molar-refractivity contribution in [2.24, 2.45) is 0 Å². The normalized spacial score (nSPS) is 21.7. The average molecular weight is 566 g/mol. The largest absolute Gasteiger partial charge is 0.381 e. The van der Waals surface area contributed by atoms with Crippen LogP contribution in [-0.4, -0.2) is 66.5 Å². The third-order valence-corrected chi connectivity index (χ3v) is 9.91. The van der Waals surface area contributed by atoms with Crippen molar-refractivity contribution in [3.05, 3.63) is 81.9 Å². The first kappa shape index (κ1) is 27.2. The molecule has 2 unspecified atom stereocenters. The fourth-order valence-corrected chi connectivity index (χ4v) is 7.34. The molecule has 2 aromatic carbocycles. The van der Waals surface area contributed by atoms with Gasteiger partial charge in [0.05, 0.1) is 17.6 Å². The van der Waals surface area contributed by atoms with Crippen molar-refractivity contribution in [1.82, 2.24) is 20.1 Å². The van der Waals surface area contributed by atoms with E-state index in [2.05, 4.69) is 10.3 Å². The second-order valence-electron chi connectivity index (χ2n) is 10.1. The van der Waals surface area contributed by atoms with Crippen LogP contribution in [0.5, 0.6) is 0 Å². The molecular formula is C28H31N5O4S2. The SMILES string of the molecule is Cc1ccccc1CN1C(=O)[C@H]2N(C(=O)[C@@H](O)C(Cc3ccccc3)NC(=O)c3sc(N)nc3C)CSC21C. The van der Waals surface area contributed by atoms with E-state index in [4.69, 9.17) is 5.73 Å². The number of nitrogen functional groups attached to an aromatic ring is 1. The number of hydrogen-bond acceptors (Lipinski definition) is 8. The Hall–Kier alpha value is -3.41. The smallest absolute Gasteiger partial charge is 0.263 e. The Morgan fingerprint density at radius 1 is 1.18 bits per heavy atom. The van der Waals surface area contributed by atoms with E-state index in [0.29, 0.717) is 17.1 Å². The summed E-state index contributed by atoms with van der Waals surface area (Å²) in [4.78, 5) is 47.2. The van der Waals surface area contributed by atoms with Gasteiger partial charge in [-0.1, -0.05) is 65.9 Å². The highest BCUT2D eigenvalue weighted by molar-refractivity contribution is 8.01. The molecule has 0 aliphatic carbocycles. The number of rotatable bonds is 8. The van der Waals surface area contributed by atoms with Gasteiger partial charge in [-0.3, -0.25) is 14.4 Å². The van der Waals surface area contributed by atoms with Crippen LogP contribution in [0.1, 0.15) is 39.0 Å². The summed E-state index contributed by atoms with van der Waals surface area (Å²) in [6.07, 6.45) is -1.33. The third kappa shape index (κ3) is 5.02. The van der Waals surface area contributed by atoms with Crippen molar-refractivity contribution < 1.29 is 19.5 Å². The molecule has 4 N–H and O–H groups in total. The lowest BCUT2D eigenvalue weighted by atomic mass is 9.91. The molecule has 2 aliphatic rings. The number of anilines is 1. The molecule has 39 heavy (non-hydrogen) atoms. The Morgan fingerprint density at radius 3 is 2.54 bits per heavy atom. The summed E-state index contributed by atoms with van der Waals surface area (Å²) in [5.74, 6) is -0.921. The van der Waals surface area contributed by atoms with E-state index in [1.807, 2.05) is 68.4 Å². The standard InChI is InChI=1S/C28H31N5O4S2/c1-16-9-7-8-12-19(16)14-33-26(37)23-28(33,3)38-15-32(23)25(36)21(34)20(13-18-10-5-4-6-11-18)31-24(35)22-17(2)30-27(29)39-22/h4-12,20-21,23,34H,13-15H2,1-3H3,(H2,29,30)(H,31,35)/t20?,21-,23+,28?/m0/s1. The van der Waals surface area contributed by atoms with E-state index in [0.717, 1.165) is 28.0 Å². The molecule has 0 radical (unpaired) electrons. The fourth-order valence-electron chi connectivity index (χ4n) is 5.23. The maximum Gasteiger partial charge on any atom is 0.263 e. The molecule has 0 bridgehead atoms. The van der Waals surface area contributed by atoms with Crippen molar-refractivity contribution in [2.75, 3.05) is 11.6 Å². The number of aryl methyl sites for hydroxylation is 2. The van der Waals surface area contributed by atoms with E-state index in [-0.39, 0.29) is 23.3 Å². The summed E-state index contributed by atoms with van der Waals surface area (Å²) in [5.41, 5.74) is 9.25. The molecule has 0 spiro atoms. The molecule has 3 heterocycles. The first-order chi connectivity index (χ1) is 18.6. The molecule has 2 aliphatic heterocycles. The first-order valence-electron chi connectivity index (χ1n) is 12.7. The summed E-state index contributed by atoms with van der Waals surface area (Å²) in [6.45, 7) is 6.11. The van der Waals surface area contributed by atoms with Crippen molar-refractivity contribution in [2.45, 2.75) is 56.8 Å². The zero-order valence-corrected chi connectivity index (χ0v) is 23.6. The Morgan fingerprint density at radius 2 is 1.87 bits per heavy atom. The highest BCUT2D eigenvalue weighted by atomic mass is 32.2. The number of nitrogens with two attached hydrogens (primary N) is 1. The minimum atomic E-state index is -1.55. The number of carbonyl (C=O) groups excluding carboxylic acids is 3. The van der Waals surface area contributed by atoms with Gasteiger partial charge in [-0.05, 0) is 43.9 Å². The minimum Gasteiger partial charge on any atom is -0.381 e. The van der Waals surface area contributed by atoms with Crippen LogP contribution in [0.4, 0.5) is 5.13 Å². The van der Waals surface area contributed by atoms with E-state index < -0.39 is 34.9 Å². The van der Waals surface area contributed by atoms with Gasteiger partial charge in [-0.15, -0.1) is 11.8 Å². The summed E-state index contributed by atoms with van der Waals surface area (Å²) in [5, 5.41) is 14.4. The van der Waals surface area contributed by atoms with Crippen LogP contribution in [0.25, 0.3) is 0 Å². The summed E-state index contributed by atoms with van der Waals surface area (Å²) in [6, 6.07) is 15.6. The fraction of sp³-hybridized carbons (Fsp3) is 0.357. The molecule has 9 nitrogen and oxygen atoms in total. The maximum absolute atomic E-state index is 13.7. The van der Waals surface area contributed by atoms with Gasteiger partial charge >= 0.3 is 0 Å². The summed E-state index contributed by atoms with van der Waals surface area (Å²) in [7, 11) is 0. The van der Waals surface area contributed by atoms with Crippen LogP contribution in [-0.2, 0) is 22.6 Å². The van der Waals surface area contributed by atoms with Crippen LogP contribution in [0.2, 0.25) is 0 Å². The number of aliphatic hydroxyl groups excluding tert-OH is 1. The first-order valence-corrected chi connectivity index (χ1v) is 14.5.